The van der Waals surface area contributed by atoms with Gasteiger partial charge in [0, 0.05) is 5.92 Å². The minimum atomic E-state index is -0.790. The Balaban J connectivity index is 2.07. The third-order valence-corrected chi connectivity index (χ3v) is 3.65. The van der Waals surface area contributed by atoms with Crippen LogP contribution >= 0.6 is 0 Å². The topological polar surface area (TPSA) is 145 Å². The zero-order valence-corrected chi connectivity index (χ0v) is 10.8. The number of nitrogens with two attached hydrogens (primary N) is 2. The summed E-state index contributed by atoms with van der Waals surface area (Å²) in [4.78, 5) is 12.0. The van der Waals surface area contributed by atoms with Crippen molar-refractivity contribution < 1.29 is 14.9 Å². The van der Waals surface area contributed by atoms with E-state index in [-0.39, 0.29) is 24.3 Å². The number of aliphatic hydroxyl groups excluding tert-OH is 2. The Morgan fingerprint density at radius 1 is 1.40 bits per heavy atom. The van der Waals surface area contributed by atoms with Crippen LogP contribution in [0.2, 0.25) is 0 Å². The lowest BCUT2D eigenvalue weighted by Gasteiger charge is -2.17. The number of hydrogen-bond donors (Lipinski definition) is 4. The molecule has 108 valence electrons. The Morgan fingerprint density at radius 3 is 2.80 bits per heavy atom. The van der Waals surface area contributed by atoms with E-state index in [2.05, 4.69) is 15.0 Å². The van der Waals surface area contributed by atoms with Crippen LogP contribution in [0.15, 0.2) is 6.33 Å². The molecule has 0 radical (unpaired) electrons. The molecule has 3 heterocycles. The first kappa shape index (κ1) is 13.0. The molecule has 4 unspecified atom stereocenters. The summed E-state index contributed by atoms with van der Waals surface area (Å²) < 4.78 is 7.20. The van der Waals surface area contributed by atoms with Crippen molar-refractivity contribution in [3.05, 3.63) is 6.33 Å². The lowest BCUT2D eigenvalue weighted by molar-refractivity contribution is -0.0491. The molecular weight excluding hydrogens is 264 g/mol. The van der Waals surface area contributed by atoms with Crippen molar-refractivity contribution in [2.75, 3.05) is 18.1 Å². The molecule has 3 rings (SSSR count). The number of anilines is 2. The Kier molecular flexibility index (Phi) is 2.96. The summed E-state index contributed by atoms with van der Waals surface area (Å²) in [5.41, 5.74) is 12.1. The fraction of sp³-hybridized carbons (Fsp3) is 0.545. The first-order valence-corrected chi connectivity index (χ1v) is 6.23. The van der Waals surface area contributed by atoms with Gasteiger partial charge in [-0.25, -0.2) is 4.98 Å². The smallest absolute Gasteiger partial charge is 0.224 e. The molecule has 0 bridgehead atoms. The molecule has 1 saturated heterocycles. The van der Waals surface area contributed by atoms with Crippen molar-refractivity contribution in [1.29, 1.82) is 0 Å². The molecule has 2 aromatic rings. The number of nitrogen functional groups attached to an aromatic ring is 2. The maximum absolute atomic E-state index is 10.2. The number of fused-ring (bicyclic) bond motifs is 1. The van der Waals surface area contributed by atoms with E-state index in [1.54, 1.807) is 4.57 Å². The van der Waals surface area contributed by atoms with E-state index >= 15 is 0 Å². The number of aromatic nitrogens is 4. The standard InChI is InChI=1S/C11H16N6O3/c1-4-5(2-18)20-10(7(4)19)17-3-14-6-8(12)15-11(13)16-9(6)17/h3-5,7,10,18-19H,2H2,1H3,(H4,12,13,15,16). The number of rotatable bonds is 2. The van der Waals surface area contributed by atoms with E-state index in [1.165, 1.54) is 6.33 Å². The summed E-state index contributed by atoms with van der Waals surface area (Å²) in [5, 5.41) is 19.5. The molecule has 2 aromatic heterocycles. The molecule has 6 N–H and O–H groups in total. The number of hydrogen-bond acceptors (Lipinski definition) is 8. The maximum atomic E-state index is 10.2. The van der Waals surface area contributed by atoms with Crippen LogP contribution in [0.3, 0.4) is 0 Å². The van der Waals surface area contributed by atoms with Crippen LogP contribution in [0.4, 0.5) is 11.8 Å². The van der Waals surface area contributed by atoms with Crippen LogP contribution < -0.4 is 11.5 Å². The van der Waals surface area contributed by atoms with Crippen molar-refractivity contribution in [3.63, 3.8) is 0 Å². The molecule has 0 aromatic carbocycles. The highest BCUT2D eigenvalue weighted by atomic mass is 16.5. The SMILES string of the molecule is CC1C(CO)OC(n2cnc3c(N)nc(N)nc32)C1O. The molecule has 0 amide bonds. The fourth-order valence-corrected chi connectivity index (χ4v) is 2.44. The van der Waals surface area contributed by atoms with Gasteiger partial charge in [0.2, 0.25) is 5.95 Å². The summed E-state index contributed by atoms with van der Waals surface area (Å²) in [5.74, 6) is -0.0135. The van der Waals surface area contributed by atoms with Gasteiger partial charge < -0.3 is 26.4 Å². The van der Waals surface area contributed by atoms with Crippen LogP contribution in [0.25, 0.3) is 11.2 Å². The van der Waals surface area contributed by atoms with Gasteiger partial charge in [-0.05, 0) is 0 Å². The maximum Gasteiger partial charge on any atom is 0.224 e. The first-order valence-electron chi connectivity index (χ1n) is 6.23. The van der Waals surface area contributed by atoms with E-state index in [9.17, 15) is 10.2 Å². The van der Waals surface area contributed by atoms with Crippen molar-refractivity contribution in [2.24, 2.45) is 5.92 Å². The molecule has 1 fully saturated rings. The van der Waals surface area contributed by atoms with Crippen LogP contribution in [0.1, 0.15) is 13.2 Å². The predicted octanol–water partition coefficient (Wildman–Crippen LogP) is -1.12. The molecule has 9 heteroatoms. The van der Waals surface area contributed by atoms with Crippen molar-refractivity contribution >= 4 is 22.9 Å². The van der Waals surface area contributed by atoms with E-state index in [1.807, 2.05) is 6.92 Å². The van der Waals surface area contributed by atoms with E-state index in [4.69, 9.17) is 16.2 Å². The third-order valence-electron chi connectivity index (χ3n) is 3.65. The second-order valence-electron chi connectivity index (χ2n) is 4.89. The highest BCUT2D eigenvalue weighted by Crippen LogP contribution is 2.35. The van der Waals surface area contributed by atoms with Gasteiger partial charge in [-0.3, -0.25) is 4.57 Å². The van der Waals surface area contributed by atoms with Gasteiger partial charge in [-0.15, -0.1) is 0 Å². The zero-order chi connectivity index (χ0) is 14.4. The lowest BCUT2D eigenvalue weighted by Crippen LogP contribution is -2.25. The Hall–Kier alpha value is -1.97. The number of aliphatic hydroxyl groups is 2. The quantitative estimate of drug-likeness (QED) is 0.541. The first-order chi connectivity index (χ1) is 9.52. The van der Waals surface area contributed by atoms with Gasteiger partial charge in [0.25, 0.3) is 0 Å². The summed E-state index contributed by atoms with van der Waals surface area (Å²) in [7, 11) is 0. The second kappa shape index (κ2) is 4.54. The van der Waals surface area contributed by atoms with Crippen LogP contribution in [-0.2, 0) is 4.74 Å². The molecular formula is C11H16N6O3. The van der Waals surface area contributed by atoms with Crippen LogP contribution in [0, 0.1) is 5.92 Å². The summed E-state index contributed by atoms with van der Waals surface area (Å²) >= 11 is 0. The van der Waals surface area contributed by atoms with Crippen molar-refractivity contribution in [3.8, 4) is 0 Å². The molecule has 20 heavy (non-hydrogen) atoms. The summed E-state index contributed by atoms with van der Waals surface area (Å²) in [6.07, 6.45) is -0.456. The lowest BCUT2D eigenvalue weighted by atomic mass is 10.0. The van der Waals surface area contributed by atoms with E-state index < -0.39 is 18.4 Å². The zero-order valence-electron chi connectivity index (χ0n) is 10.8. The number of imidazole rings is 1. The molecule has 4 atom stereocenters. The number of nitrogens with zero attached hydrogens (tertiary/aromatic N) is 4. The monoisotopic (exact) mass is 280 g/mol. The predicted molar refractivity (Wildman–Crippen MR) is 70.3 cm³/mol. The molecule has 0 aliphatic carbocycles. The molecule has 9 nitrogen and oxygen atoms in total. The number of ether oxygens (including phenoxy) is 1. The third kappa shape index (κ3) is 1.79. The summed E-state index contributed by atoms with van der Waals surface area (Å²) in [6.45, 7) is 1.64. The van der Waals surface area contributed by atoms with Crippen LogP contribution in [-0.4, -0.2) is 48.5 Å². The van der Waals surface area contributed by atoms with Crippen LogP contribution in [0.5, 0.6) is 0 Å². The Morgan fingerprint density at radius 2 is 2.15 bits per heavy atom. The van der Waals surface area contributed by atoms with Gasteiger partial charge in [0.1, 0.15) is 11.6 Å². The highest BCUT2D eigenvalue weighted by molar-refractivity contribution is 5.82. The molecule has 1 aliphatic heterocycles. The minimum absolute atomic E-state index is 0.0241. The van der Waals surface area contributed by atoms with Gasteiger partial charge in [0.15, 0.2) is 17.7 Å². The van der Waals surface area contributed by atoms with Gasteiger partial charge >= 0.3 is 0 Å². The van der Waals surface area contributed by atoms with Crippen molar-refractivity contribution in [1.82, 2.24) is 19.5 Å². The molecule has 0 spiro atoms. The fourth-order valence-electron chi connectivity index (χ4n) is 2.44. The average Bonchev–Trinajstić information content (AvgIpc) is 2.93. The van der Waals surface area contributed by atoms with E-state index in [0.29, 0.717) is 11.2 Å². The van der Waals surface area contributed by atoms with Crippen molar-refractivity contribution in [2.45, 2.75) is 25.4 Å². The normalized spacial score (nSPS) is 30.1. The van der Waals surface area contributed by atoms with Gasteiger partial charge in [-0.1, -0.05) is 6.92 Å². The highest BCUT2D eigenvalue weighted by Gasteiger charge is 2.42. The van der Waals surface area contributed by atoms with Gasteiger partial charge in [-0.2, -0.15) is 9.97 Å². The largest absolute Gasteiger partial charge is 0.394 e. The Bertz CT molecular complexity index is 644. The average molecular weight is 280 g/mol. The van der Waals surface area contributed by atoms with Gasteiger partial charge in [0.05, 0.1) is 19.0 Å². The molecule has 0 saturated carbocycles. The Labute approximate surface area is 114 Å². The second-order valence-corrected chi connectivity index (χ2v) is 4.89. The van der Waals surface area contributed by atoms with E-state index in [0.717, 1.165) is 0 Å². The molecule has 1 aliphatic rings. The summed E-state index contributed by atoms with van der Waals surface area (Å²) in [6, 6.07) is 0. The minimum Gasteiger partial charge on any atom is -0.394 e.